The van der Waals surface area contributed by atoms with Crippen molar-refractivity contribution in [3.8, 4) is 0 Å². The minimum Gasteiger partial charge on any atom is -0.360 e. The molecule has 0 aliphatic carbocycles. The van der Waals surface area contributed by atoms with Crippen LogP contribution in [0.25, 0.3) is 0 Å². The summed E-state index contributed by atoms with van der Waals surface area (Å²) in [6.45, 7) is 0. The van der Waals surface area contributed by atoms with Crippen LogP contribution in [0.15, 0.2) is 47.4 Å². The van der Waals surface area contributed by atoms with Gasteiger partial charge in [-0.3, -0.25) is 4.79 Å². The van der Waals surface area contributed by atoms with Crippen LogP contribution in [-0.2, 0) is 21.0 Å². The van der Waals surface area contributed by atoms with E-state index in [1.165, 1.54) is 24.3 Å². The van der Waals surface area contributed by atoms with Gasteiger partial charge in [0.15, 0.2) is 6.17 Å². The molecule has 138 valence electrons. The normalized spacial score (nSPS) is 18.5. The van der Waals surface area contributed by atoms with E-state index < -0.39 is 33.8 Å². The third-order valence-electron chi connectivity index (χ3n) is 3.54. The Kier molecular flexibility index (Phi) is 4.59. The van der Waals surface area contributed by atoms with Crippen LogP contribution in [0, 0.1) is 0 Å². The van der Waals surface area contributed by atoms with Crippen LogP contribution in [0.5, 0.6) is 0 Å². The smallest absolute Gasteiger partial charge is 0.360 e. The van der Waals surface area contributed by atoms with Crippen molar-refractivity contribution in [2.75, 3.05) is 10.6 Å². The lowest BCUT2D eigenvalue weighted by Crippen LogP contribution is -2.51. The first-order valence-electron chi connectivity index (χ1n) is 7.13. The molecule has 1 amide bonds. The van der Waals surface area contributed by atoms with E-state index in [-0.39, 0.29) is 10.6 Å². The number of sulfonamides is 1. The monoisotopic (exact) mass is 405 g/mol. The van der Waals surface area contributed by atoms with Gasteiger partial charge in [0.05, 0.1) is 11.3 Å². The van der Waals surface area contributed by atoms with E-state index >= 15 is 0 Å². The first-order chi connectivity index (χ1) is 12.1. The largest absolute Gasteiger partial charge is 0.416 e. The van der Waals surface area contributed by atoms with E-state index in [0.29, 0.717) is 22.8 Å². The summed E-state index contributed by atoms with van der Waals surface area (Å²) in [6.07, 6.45) is -6.13. The maximum absolute atomic E-state index is 12.8. The minimum atomic E-state index is -4.65. The second-order valence-electron chi connectivity index (χ2n) is 5.40. The number of carbonyl (C=O) groups is 1. The Morgan fingerprint density at radius 2 is 1.77 bits per heavy atom. The maximum atomic E-state index is 12.8. The number of hydrogen-bond acceptors (Lipinski definition) is 4. The highest BCUT2D eigenvalue weighted by Gasteiger charge is 2.37. The summed E-state index contributed by atoms with van der Waals surface area (Å²) in [7, 11) is -4.16. The Hall–Kier alpha value is -2.30. The second kappa shape index (κ2) is 6.45. The van der Waals surface area contributed by atoms with Crippen LogP contribution in [0.2, 0.25) is 5.02 Å². The quantitative estimate of drug-likeness (QED) is 0.716. The van der Waals surface area contributed by atoms with E-state index in [2.05, 4.69) is 15.4 Å². The Labute approximate surface area is 151 Å². The number of hydrogen-bond donors (Lipinski definition) is 3. The van der Waals surface area contributed by atoms with Gasteiger partial charge in [-0.2, -0.15) is 17.9 Å². The van der Waals surface area contributed by atoms with Gasteiger partial charge in [0.1, 0.15) is 4.90 Å². The van der Waals surface area contributed by atoms with Crippen LogP contribution in [0.3, 0.4) is 0 Å². The molecule has 2 aromatic rings. The molecule has 3 rings (SSSR count). The highest BCUT2D eigenvalue weighted by Crippen LogP contribution is 2.35. The van der Waals surface area contributed by atoms with Crippen LogP contribution in [0.1, 0.15) is 5.56 Å². The van der Waals surface area contributed by atoms with E-state index in [9.17, 15) is 26.4 Å². The Morgan fingerprint density at radius 3 is 2.38 bits per heavy atom. The van der Waals surface area contributed by atoms with Gasteiger partial charge in [0, 0.05) is 10.7 Å². The highest BCUT2D eigenvalue weighted by atomic mass is 35.5. The zero-order chi connectivity index (χ0) is 19.1. The number of benzene rings is 2. The SMILES string of the molecule is O=C(Nc1ccc(Cl)cc1)C1Nc2cc(C(F)(F)F)ccc2S(=O)(=O)N1. The number of alkyl halides is 3. The van der Waals surface area contributed by atoms with Gasteiger partial charge in [-0.05, 0) is 42.5 Å². The summed E-state index contributed by atoms with van der Waals surface area (Å²) in [4.78, 5) is 11.9. The summed E-state index contributed by atoms with van der Waals surface area (Å²) in [5.41, 5.74) is -0.997. The zero-order valence-electron chi connectivity index (χ0n) is 12.8. The number of nitrogens with one attached hydrogen (secondary N) is 3. The van der Waals surface area contributed by atoms with Crippen LogP contribution >= 0.6 is 11.6 Å². The van der Waals surface area contributed by atoms with Crippen molar-refractivity contribution < 1.29 is 26.4 Å². The average Bonchev–Trinajstić information content (AvgIpc) is 2.55. The number of rotatable bonds is 2. The molecule has 0 saturated heterocycles. The van der Waals surface area contributed by atoms with E-state index in [0.717, 1.165) is 6.07 Å². The zero-order valence-corrected chi connectivity index (χ0v) is 14.3. The summed E-state index contributed by atoms with van der Waals surface area (Å²) >= 11 is 5.73. The molecule has 0 fully saturated rings. The number of anilines is 2. The van der Waals surface area contributed by atoms with Crippen molar-refractivity contribution in [1.82, 2.24) is 4.72 Å². The van der Waals surface area contributed by atoms with Gasteiger partial charge >= 0.3 is 6.18 Å². The minimum absolute atomic E-state index is 0.310. The Bertz CT molecular complexity index is 962. The molecule has 1 aliphatic rings. The predicted octanol–water partition coefficient (Wildman–Crippen LogP) is 3.03. The van der Waals surface area contributed by atoms with E-state index in [1.54, 1.807) is 0 Å². The molecule has 1 atom stereocenters. The van der Waals surface area contributed by atoms with Gasteiger partial charge in [0.2, 0.25) is 10.0 Å². The van der Waals surface area contributed by atoms with Crippen LogP contribution in [-0.4, -0.2) is 20.5 Å². The predicted molar refractivity (Wildman–Crippen MR) is 89.3 cm³/mol. The molecule has 3 N–H and O–H groups in total. The Balaban J connectivity index is 1.88. The fraction of sp³-hybridized carbons (Fsp3) is 0.133. The molecule has 2 aromatic carbocycles. The number of halogens is 4. The molecule has 1 heterocycles. The molecule has 1 aliphatic heterocycles. The van der Waals surface area contributed by atoms with Crippen molar-refractivity contribution in [3.63, 3.8) is 0 Å². The van der Waals surface area contributed by atoms with Crippen molar-refractivity contribution in [2.45, 2.75) is 17.2 Å². The lowest BCUT2D eigenvalue weighted by Gasteiger charge is -2.27. The molecule has 0 radical (unpaired) electrons. The van der Waals surface area contributed by atoms with Crippen molar-refractivity contribution in [1.29, 1.82) is 0 Å². The van der Waals surface area contributed by atoms with Gasteiger partial charge in [0.25, 0.3) is 5.91 Å². The molecule has 0 bridgehead atoms. The van der Waals surface area contributed by atoms with Crippen molar-refractivity contribution in [3.05, 3.63) is 53.1 Å². The first kappa shape index (κ1) is 18.5. The molecular formula is C15H11ClF3N3O3S. The summed E-state index contributed by atoms with van der Waals surface area (Å²) in [5.74, 6) is -0.793. The number of carbonyl (C=O) groups excluding carboxylic acids is 1. The van der Waals surface area contributed by atoms with Gasteiger partial charge in [-0.15, -0.1) is 0 Å². The molecule has 0 aromatic heterocycles. The third-order valence-corrected chi connectivity index (χ3v) is 5.28. The summed E-state index contributed by atoms with van der Waals surface area (Å²) in [6, 6.07) is 8.16. The summed E-state index contributed by atoms with van der Waals surface area (Å²) < 4.78 is 65.0. The third kappa shape index (κ3) is 3.76. The topological polar surface area (TPSA) is 87.3 Å². The molecule has 0 spiro atoms. The van der Waals surface area contributed by atoms with Crippen molar-refractivity contribution in [2.24, 2.45) is 0 Å². The fourth-order valence-corrected chi connectivity index (χ4v) is 3.71. The van der Waals surface area contributed by atoms with Gasteiger partial charge < -0.3 is 10.6 Å². The van der Waals surface area contributed by atoms with E-state index in [1.807, 2.05) is 0 Å². The highest BCUT2D eigenvalue weighted by molar-refractivity contribution is 7.89. The van der Waals surface area contributed by atoms with Crippen LogP contribution < -0.4 is 15.4 Å². The molecule has 6 nitrogen and oxygen atoms in total. The molecule has 26 heavy (non-hydrogen) atoms. The molecule has 11 heteroatoms. The maximum Gasteiger partial charge on any atom is 0.416 e. The second-order valence-corrected chi connectivity index (χ2v) is 7.52. The standard InChI is InChI=1S/C15H11ClF3N3O3S/c16-9-2-4-10(5-3-9)20-14(23)13-21-11-7-8(15(17,18)19)1-6-12(11)26(24,25)22-13/h1-7,13,21-22H,(H,20,23). The lowest BCUT2D eigenvalue weighted by molar-refractivity contribution is -0.137. The van der Waals surface area contributed by atoms with Crippen molar-refractivity contribution >= 4 is 38.9 Å². The fourth-order valence-electron chi connectivity index (χ4n) is 2.32. The Morgan fingerprint density at radius 1 is 1.12 bits per heavy atom. The first-order valence-corrected chi connectivity index (χ1v) is 8.99. The summed E-state index contributed by atoms with van der Waals surface area (Å²) in [5, 5.41) is 5.35. The van der Waals surface area contributed by atoms with Gasteiger partial charge in [-0.25, -0.2) is 8.42 Å². The lowest BCUT2D eigenvalue weighted by atomic mass is 10.2. The number of amides is 1. The molecular weight excluding hydrogens is 395 g/mol. The van der Waals surface area contributed by atoms with Gasteiger partial charge in [-0.1, -0.05) is 11.6 Å². The molecule has 1 unspecified atom stereocenters. The number of fused-ring (bicyclic) bond motifs is 1. The van der Waals surface area contributed by atoms with Crippen LogP contribution in [0.4, 0.5) is 24.5 Å². The van der Waals surface area contributed by atoms with E-state index in [4.69, 9.17) is 11.6 Å². The average molecular weight is 406 g/mol. The molecule has 0 saturated carbocycles.